The van der Waals surface area contributed by atoms with Crippen molar-refractivity contribution in [3.05, 3.63) is 36.0 Å². The quantitative estimate of drug-likeness (QED) is 0.497. The zero-order valence-corrected chi connectivity index (χ0v) is 14.7. The second-order valence-electron chi connectivity index (χ2n) is 9.14. The largest absolute Gasteiger partial charge is 0.103 e. The minimum absolute atomic E-state index is 0.468. The molecule has 0 aromatic rings. The van der Waals surface area contributed by atoms with E-state index in [4.69, 9.17) is 0 Å². The molecule has 0 heteroatoms. The van der Waals surface area contributed by atoms with E-state index in [9.17, 15) is 0 Å². The van der Waals surface area contributed by atoms with E-state index in [2.05, 4.69) is 45.6 Å². The molecule has 0 aromatic heterocycles. The Labute approximate surface area is 136 Å². The first-order valence-corrected chi connectivity index (χ1v) is 9.49. The highest BCUT2D eigenvalue weighted by atomic mass is 14.6. The van der Waals surface area contributed by atoms with Gasteiger partial charge in [-0.2, -0.15) is 0 Å². The molecule has 4 aliphatic rings. The first-order valence-electron chi connectivity index (χ1n) is 9.49. The maximum atomic E-state index is 4.15. The second-order valence-corrected chi connectivity index (χ2v) is 9.14. The van der Waals surface area contributed by atoms with E-state index in [0.29, 0.717) is 10.8 Å². The van der Waals surface area contributed by atoms with Crippen molar-refractivity contribution in [2.75, 3.05) is 0 Å². The van der Waals surface area contributed by atoms with Crippen LogP contribution in [0.15, 0.2) is 36.0 Å². The summed E-state index contributed by atoms with van der Waals surface area (Å²) in [7, 11) is 0. The number of hydrogen-bond donors (Lipinski definition) is 0. The molecule has 0 aromatic carbocycles. The monoisotopic (exact) mass is 296 g/mol. The van der Waals surface area contributed by atoms with Crippen molar-refractivity contribution >= 4 is 0 Å². The Morgan fingerprint density at radius 3 is 2.73 bits per heavy atom. The molecule has 0 aliphatic heterocycles. The molecule has 22 heavy (non-hydrogen) atoms. The van der Waals surface area contributed by atoms with E-state index < -0.39 is 0 Å². The highest BCUT2D eigenvalue weighted by Gasteiger charge is 2.57. The van der Waals surface area contributed by atoms with Gasteiger partial charge in [0.1, 0.15) is 0 Å². The molecule has 0 amide bonds. The molecule has 0 heterocycles. The smallest absolute Gasteiger partial charge is 0.00443 e. The molecule has 0 bridgehead atoms. The van der Waals surface area contributed by atoms with Crippen LogP contribution in [0.5, 0.6) is 0 Å². The van der Waals surface area contributed by atoms with Crippen LogP contribution in [0, 0.1) is 34.5 Å². The Hall–Kier alpha value is -0.780. The van der Waals surface area contributed by atoms with Crippen LogP contribution in [0.1, 0.15) is 65.7 Å². The van der Waals surface area contributed by atoms with Gasteiger partial charge in [0.2, 0.25) is 0 Å². The van der Waals surface area contributed by atoms with Crippen molar-refractivity contribution in [1.82, 2.24) is 0 Å². The molecule has 0 radical (unpaired) electrons. The van der Waals surface area contributed by atoms with E-state index in [1.807, 2.05) is 0 Å². The van der Waals surface area contributed by atoms with Gasteiger partial charge in [-0.05, 0) is 91.9 Å². The number of rotatable bonds is 1. The maximum Gasteiger partial charge on any atom is -0.00443 e. The highest BCUT2D eigenvalue weighted by molar-refractivity contribution is 5.36. The van der Waals surface area contributed by atoms with Gasteiger partial charge in [0.25, 0.3) is 0 Å². The van der Waals surface area contributed by atoms with Crippen molar-refractivity contribution in [3.63, 3.8) is 0 Å². The van der Waals surface area contributed by atoms with Crippen LogP contribution in [-0.4, -0.2) is 0 Å². The second kappa shape index (κ2) is 4.86. The molecule has 2 saturated carbocycles. The molecule has 4 rings (SSSR count). The molecular weight excluding hydrogens is 264 g/mol. The molecular formula is C22H32. The van der Waals surface area contributed by atoms with Crippen LogP contribution in [0.3, 0.4) is 0 Å². The van der Waals surface area contributed by atoms with Gasteiger partial charge in [0, 0.05) is 0 Å². The molecule has 0 saturated heterocycles. The van der Waals surface area contributed by atoms with Gasteiger partial charge in [-0.25, -0.2) is 0 Å². The van der Waals surface area contributed by atoms with E-state index in [0.717, 1.165) is 23.7 Å². The minimum Gasteiger partial charge on any atom is -0.103 e. The summed E-state index contributed by atoms with van der Waals surface area (Å²) in [5.74, 6) is 3.57. The van der Waals surface area contributed by atoms with Crippen molar-refractivity contribution in [2.24, 2.45) is 34.5 Å². The molecule has 6 unspecified atom stereocenters. The van der Waals surface area contributed by atoms with Crippen molar-refractivity contribution in [1.29, 1.82) is 0 Å². The summed E-state index contributed by atoms with van der Waals surface area (Å²) in [5.41, 5.74) is 4.29. The number of hydrogen-bond acceptors (Lipinski definition) is 0. The Morgan fingerprint density at radius 2 is 1.95 bits per heavy atom. The Morgan fingerprint density at radius 1 is 1.14 bits per heavy atom. The Balaban J connectivity index is 1.70. The molecule has 2 fully saturated rings. The molecule has 0 spiro atoms. The third kappa shape index (κ3) is 1.82. The number of allylic oxidation sites excluding steroid dienone is 5. The van der Waals surface area contributed by atoms with Crippen LogP contribution >= 0.6 is 0 Å². The van der Waals surface area contributed by atoms with E-state index in [-0.39, 0.29) is 0 Å². The van der Waals surface area contributed by atoms with E-state index >= 15 is 0 Å². The zero-order chi connectivity index (χ0) is 15.5. The summed E-state index contributed by atoms with van der Waals surface area (Å²) in [6.45, 7) is 11.6. The lowest BCUT2D eigenvalue weighted by molar-refractivity contribution is -0.0288. The van der Waals surface area contributed by atoms with Crippen molar-refractivity contribution in [2.45, 2.75) is 65.7 Å². The standard InChI is InChI=1S/C22H32/c1-5-16-7-9-19-18-8-6-17-14-15(2)10-12-22(17,4)20(18)11-13-21(16,19)3/h5-6,14,16,18-20H,1,7-13H2,2-4H3. The third-order valence-electron chi connectivity index (χ3n) is 8.32. The predicted molar refractivity (Wildman–Crippen MR) is 94.5 cm³/mol. The van der Waals surface area contributed by atoms with Gasteiger partial charge < -0.3 is 0 Å². The molecule has 0 nitrogen and oxygen atoms in total. The SMILES string of the molecule is C=CC1CCC2C3CC=C4C=C(C)CCC4(C)C3CCC12C. The van der Waals surface area contributed by atoms with Crippen molar-refractivity contribution in [3.8, 4) is 0 Å². The fourth-order valence-corrected chi connectivity index (χ4v) is 6.89. The van der Waals surface area contributed by atoms with Gasteiger partial charge in [0.05, 0.1) is 0 Å². The fraction of sp³-hybridized carbons (Fsp3) is 0.727. The molecule has 120 valence electrons. The first kappa shape index (κ1) is 14.8. The first-order chi connectivity index (χ1) is 10.5. The summed E-state index contributed by atoms with van der Waals surface area (Å²) >= 11 is 0. The lowest BCUT2D eigenvalue weighted by atomic mass is 9.48. The summed E-state index contributed by atoms with van der Waals surface area (Å²) in [6.07, 6.45) is 17.2. The van der Waals surface area contributed by atoms with Crippen molar-refractivity contribution < 1.29 is 0 Å². The van der Waals surface area contributed by atoms with Gasteiger partial charge in [-0.3, -0.25) is 0 Å². The Bertz CT molecular complexity index is 550. The predicted octanol–water partition coefficient (Wildman–Crippen LogP) is 6.31. The maximum absolute atomic E-state index is 4.15. The Kier molecular flexibility index (Phi) is 3.26. The van der Waals surface area contributed by atoms with Gasteiger partial charge >= 0.3 is 0 Å². The molecule has 0 N–H and O–H groups in total. The van der Waals surface area contributed by atoms with Gasteiger partial charge in [-0.1, -0.05) is 37.6 Å². The van der Waals surface area contributed by atoms with Crippen LogP contribution < -0.4 is 0 Å². The normalized spacial score (nSPS) is 50.3. The lowest BCUT2D eigenvalue weighted by Gasteiger charge is -2.57. The average molecular weight is 296 g/mol. The van der Waals surface area contributed by atoms with Gasteiger partial charge in [-0.15, -0.1) is 6.58 Å². The third-order valence-corrected chi connectivity index (χ3v) is 8.32. The van der Waals surface area contributed by atoms with E-state index in [1.165, 1.54) is 44.9 Å². The summed E-state index contributed by atoms with van der Waals surface area (Å²) < 4.78 is 0. The summed E-state index contributed by atoms with van der Waals surface area (Å²) in [6, 6.07) is 0. The van der Waals surface area contributed by atoms with Crippen LogP contribution in [0.2, 0.25) is 0 Å². The molecule has 4 aliphatic carbocycles. The van der Waals surface area contributed by atoms with E-state index in [1.54, 1.807) is 11.1 Å². The highest BCUT2D eigenvalue weighted by Crippen LogP contribution is 2.66. The number of fused-ring (bicyclic) bond motifs is 5. The lowest BCUT2D eigenvalue weighted by Crippen LogP contribution is -2.49. The van der Waals surface area contributed by atoms with Crippen LogP contribution in [-0.2, 0) is 0 Å². The average Bonchev–Trinajstić information content (AvgIpc) is 2.84. The van der Waals surface area contributed by atoms with Crippen LogP contribution in [0.25, 0.3) is 0 Å². The van der Waals surface area contributed by atoms with Gasteiger partial charge in [0.15, 0.2) is 0 Å². The topological polar surface area (TPSA) is 0 Å². The summed E-state index contributed by atoms with van der Waals surface area (Å²) in [4.78, 5) is 0. The fourth-order valence-electron chi connectivity index (χ4n) is 6.89. The minimum atomic E-state index is 0.468. The molecule has 6 atom stereocenters. The summed E-state index contributed by atoms with van der Waals surface area (Å²) in [5, 5.41) is 0. The zero-order valence-electron chi connectivity index (χ0n) is 14.7. The van der Waals surface area contributed by atoms with Crippen LogP contribution in [0.4, 0.5) is 0 Å².